The first-order valence-electron chi connectivity index (χ1n) is 9.51. The molecule has 0 saturated carbocycles. The lowest BCUT2D eigenvalue weighted by Gasteiger charge is -2.25. The van der Waals surface area contributed by atoms with Gasteiger partial charge in [-0.05, 0) is 48.7 Å². The molecule has 1 N–H and O–H groups in total. The van der Waals surface area contributed by atoms with Crippen molar-refractivity contribution in [2.24, 2.45) is 0 Å². The highest BCUT2D eigenvalue weighted by molar-refractivity contribution is 5.97. The summed E-state index contributed by atoms with van der Waals surface area (Å²) < 4.78 is 15.6. The molecule has 3 rings (SSSR count). The van der Waals surface area contributed by atoms with Crippen molar-refractivity contribution in [3.63, 3.8) is 0 Å². The van der Waals surface area contributed by atoms with Crippen molar-refractivity contribution in [1.29, 1.82) is 0 Å². The third-order valence-electron chi connectivity index (χ3n) is 5.12. The molecule has 2 amide bonds. The molecule has 1 saturated heterocycles. The van der Waals surface area contributed by atoms with Crippen LogP contribution >= 0.6 is 0 Å². The molecule has 0 unspecified atom stereocenters. The van der Waals surface area contributed by atoms with E-state index in [-0.39, 0.29) is 24.4 Å². The summed E-state index contributed by atoms with van der Waals surface area (Å²) in [6.45, 7) is 0.627. The fraction of sp³-hybridized carbons (Fsp3) is 0.364. The van der Waals surface area contributed by atoms with Crippen LogP contribution in [0, 0.1) is 0 Å². The molecule has 1 fully saturated rings. The van der Waals surface area contributed by atoms with Crippen molar-refractivity contribution in [1.82, 2.24) is 10.2 Å². The Kier molecular flexibility index (Phi) is 6.59. The second kappa shape index (κ2) is 9.32. The van der Waals surface area contributed by atoms with Gasteiger partial charge in [0.15, 0.2) is 11.5 Å². The molecule has 154 valence electrons. The van der Waals surface area contributed by atoms with E-state index in [0.29, 0.717) is 23.6 Å². The van der Waals surface area contributed by atoms with Crippen LogP contribution in [0.1, 0.15) is 34.8 Å². The van der Waals surface area contributed by atoms with E-state index in [9.17, 15) is 9.59 Å². The number of ether oxygens (including phenoxy) is 3. The standard InChI is InChI=1S/C22H26N2O5/c1-27-17-9-6-15(7-10-17)18-5-4-12-24(18)21(25)14-23-22(26)16-8-11-19(28-2)20(13-16)29-3/h6-11,13,18H,4-5,12,14H2,1-3H3,(H,23,26)/t18-/m0/s1. The normalized spacial score (nSPS) is 15.7. The molecule has 1 atom stereocenters. The van der Waals surface area contributed by atoms with Crippen LogP contribution in [0.5, 0.6) is 17.2 Å². The number of nitrogens with one attached hydrogen (secondary N) is 1. The van der Waals surface area contributed by atoms with Gasteiger partial charge in [0, 0.05) is 12.1 Å². The quantitative estimate of drug-likeness (QED) is 0.776. The van der Waals surface area contributed by atoms with E-state index in [4.69, 9.17) is 14.2 Å². The number of nitrogens with zero attached hydrogens (tertiary/aromatic N) is 1. The third-order valence-corrected chi connectivity index (χ3v) is 5.12. The summed E-state index contributed by atoms with van der Waals surface area (Å²) >= 11 is 0. The molecular weight excluding hydrogens is 372 g/mol. The lowest BCUT2D eigenvalue weighted by molar-refractivity contribution is -0.131. The molecule has 0 spiro atoms. The molecule has 7 heteroatoms. The first-order valence-corrected chi connectivity index (χ1v) is 9.51. The molecule has 1 aliphatic rings. The van der Waals surface area contributed by atoms with Gasteiger partial charge in [-0.15, -0.1) is 0 Å². The van der Waals surface area contributed by atoms with E-state index in [1.807, 2.05) is 29.2 Å². The SMILES string of the molecule is COc1ccc([C@@H]2CCCN2C(=O)CNC(=O)c2ccc(OC)c(OC)c2)cc1. The minimum absolute atomic E-state index is 0.0198. The first kappa shape index (κ1) is 20.5. The number of likely N-dealkylation sites (tertiary alicyclic amines) is 1. The zero-order valence-corrected chi connectivity index (χ0v) is 16.9. The Hall–Kier alpha value is -3.22. The zero-order chi connectivity index (χ0) is 20.8. The van der Waals surface area contributed by atoms with E-state index in [2.05, 4.69) is 5.32 Å². The second-order valence-corrected chi connectivity index (χ2v) is 6.77. The van der Waals surface area contributed by atoms with Crippen molar-refractivity contribution in [2.45, 2.75) is 18.9 Å². The van der Waals surface area contributed by atoms with Crippen LogP contribution in [0.15, 0.2) is 42.5 Å². The number of hydrogen-bond donors (Lipinski definition) is 1. The highest BCUT2D eigenvalue weighted by Gasteiger charge is 2.30. The molecule has 1 aliphatic heterocycles. The lowest BCUT2D eigenvalue weighted by Crippen LogP contribution is -2.39. The third kappa shape index (κ3) is 4.62. The van der Waals surface area contributed by atoms with Crippen LogP contribution in [0.3, 0.4) is 0 Å². The van der Waals surface area contributed by atoms with E-state index >= 15 is 0 Å². The summed E-state index contributed by atoms with van der Waals surface area (Å²) in [4.78, 5) is 27.0. The maximum atomic E-state index is 12.8. The number of carbonyl (C=O) groups is 2. The Bertz CT molecular complexity index is 866. The average molecular weight is 398 g/mol. The van der Waals surface area contributed by atoms with E-state index in [1.165, 1.54) is 14.2 Å². The Labute approximate surface area is 170 Å². The van der Waals surface area contributed by atoms with E-state index in [1.54, 1.807) is 25.3 Å². The minimum Gasteiger partial charge on any atom is -0.497 e. The molecule has 0 bridgehead atoms. The molecular formula is C22H26N2O5. The predicted octanol–water partition coefficient (Wildman–Crippen LogP) is 2.81. The number of carbonyl (C=O) groups excluding carboxylic acids is 2. The fourth-order valence-corrected chi connectivity index (χ4v) is 3.57. The van der Waals surface area contributed by atoms with Gasteiger partial charge < -0.3 is 24.4 Å². The Morgan fingerprint density at radius 1 is 1.00 bits per heavy atom. The molecule has 1 heterocycles. The number of benzene rings is 2. The summed E-state index contributed by atoms with van der Waals surface area (Å²) in [5, 5.41) is 2.71. The molecule has 7 nitrogen and oxygen atoms in total. The van der Waals surface area contributed by atoms with Crippen LogP contribution in [0.25, 0.3) is 0 Å². The molecule has 0 aromatic heterocycles. The van der Waals surface area contributed by atoms with Crippen LogP contribution < -0.4 is 19.5 Å². The van der Waals surface area contributed by atoms with Gasteiger partial charge in [0.2, 0.25) is 5.91 Å². The second-order valence-electron chi connectivity index (χ2n) is 6.77. The number of hydrogen-bond acceptors (Lipinski definition) is 5. The van der Waals surface area contributed by atoms with Gasteiger partial charge in [-0.2, -0.15) is 0 Å². The predicted molar refractivity (Wildman–Crippen MR) is 109 cm³/mol. The van der Waals surface area contributed by atoms with Crippen LogP contribution in [-0.2, 0) is 4.79 Å². The minimum atomic E-state index is -0.334. The van der Waals surface area contributed by atoms with Crippen LogP contribution in [0.2, 0.25) is 0 Å². The van der Waals surface area contributed by atoms with Crippen LogP contribution in [0.4, 0.5) is 0 Å². The summed E-state index contributed by atoms with van der Waals surface area (Å²) in [5.41, 5.74) is 1.48. The number of amides is 2. The topological polar surface area (TPSA) is 77.1 Å². The van der Waals surface area contributed by atoms with E-state index in [0.717, 1.165) is 24.2 Å². The summed E-state index contributed by atoms with van der Waals surface area (Å²) in [6, 6.07) is 12.7. The monoisotopic (exact) mass is 398 g/mol. The van der Waals surface area contributed by atoms with Gasteiger partial charge in [-0.3, -0.25) is 9.59 Å². The fourth-order valence-electron chi connectivity index (χ4n) is 3.57. The van der Waals surface area contributed by atoms with Gasteiger partial charge in [-0.1, -0.05) is 12.1 Å². The van der Waals surface area contributed by atoms with Gasteiger partial charge in [-0.25, -0.2) is 0 Å². The lowest BCUT2D eigenvalue weighted by atomic mass is 10.0. The van der Waals surface area contributed by atoms with Gasteiger partial charge in [0.25, 0.3) is 5.91 Å². The van der Waals surface area contributed by atoms with Crippen molar-refractivity contribution >= 4 is 11.8 Å². The molecule has 29 heavy (non-hydrogen) atoms. The van der Waals surface area contributed by atoms with Gasteiger partial charge in [0.1, 0.15) is 5.75 Å². The molecule has 0 radical (unpaired) electrons. The smallest absolute Gasteiger partial charge is 0.251 e. The van der Waals surface area contributed by atoms with Crippen molar-refractivity contribution in [3.8, 4) is 17.2 Å². The molecule has 0 aliphatic carbocycles. The van der Waals surface area contributed by atoms with Crippen LogP contribution in [-0.4, -0.2) is 51.1 Å². The Morgan fingerprint density at radius 3 is 2.38 bits per heavy atom. The largest absolute Gasteiger partial charge is 0.497 e. The summed E-state index contributed by atoms with van der Waals surface area (Å²) in [7, 11) is 4.67. The summed E-state index contributed by atoms with van der Waals surface area (Å²) in [6.07, 6.45) is 1.84. The highest BCUT2D eigenvalue weighted by Crippen LogP contribution is 2.32. The Morgan fingerprint density at radius 2 is 1.72 bits per heavy atom. The summed E-state index contributed by atoms with van der Waals surface area (Å²) in [5.74, 6) is 1.36. The maximum Gasteiger partial charge on any atom is 0.251 e. The van der Waals surface area contributed by atoms with Gasteiger partial charge >= 0.3 is 0 Å². The highest BCUT2D eigenvalue weighted by atomic mass is 16.5. The van der Waals surface area contributed by atoms with Crippen molar-refractivity contribution in [2.75, 3.05) is 34.4 Å². The van der Waals surface area contributed by atoms with E-state index < -0.39 is 0 Å². The van der Waals surface area contributed by atoms with Gasteiger partial charge in [0.05, 0.1) is 33.9 Å². The van der Waals surface area contributed by atoms with Crippen molar-refractivity contribution < 1.29 is 23.8 Å². The molecule has 2 aromatic rings. The molecule has 2 aromatic carbocycles. The zero-order valence-electron chi connectivity index (χ0n) is 16.9. The first-order chi connectivity index (χ1) is 14.1. The Balaban J connectivity index is 1.62. The average Bonchev–Trinajstić information content (AvgIpc) is 3.26. The number of rotatable bonds is 7. The number of methoxy groups -OCH3 is 3. The maximum absolute atomic E-state index is 12.8. The van der Waals surface area contributed by atoms with Crippen molar-refractivity contribution in [3.05, 3.63) is 53.6 Å².